The molecule has 3 rings (SSSR count). The number of anilines is 1. The molecular formula is C15H17ClN2O2. The Bertz CT molecular complexity index is 529. The third-order valence-corrected chi connectivity index (χ3v) is 4.31. The lowest BCUT2D eigenvalue weighted by atomic mass is 10.0. The Morgan fingerprint density at radius 1 is 1.05 bits per heavy atom. The van der Waals surface area contributed by atoms with E-state index in [-0.39, 0.29) is 17.9 Å². The summed E-state index contributed by atoms with van der Waals surface area (Å²) in [6, 6.07) is 6.94. The number of hydrogen-bond donors (Lipinski definition) is 0. The van der Waals surface area contributed by atoms with E-state index in [2.05, 4.69) is 0 Å². The van der Waals surface area contributed by atoms with Crippen molar-refractivity contribution in [2.45, 2.75) is 31.7 Å². The molecule has 1 unspecified atom stereocenters. The van der Waals surface area contributed by atoms with Gasteiger partial charge >= 0.3 is 0 Å². The maximum Gasteiger partial charge on any atom is 0.249 e. The summed E-state index contributed by atoms with van der Waals surface area (Å²) >= 11 is 5.89. The zero-order valence-corrected chi connectivity index (χ0v) is 12.0. The third-order valence-electron chi connectivity index (χ3n) is 4.06. The van der Waals surface area contributed by atoms with E-state index < -0.39 is 0 Å². The van der Waals surface area contributed by atoms with Crippen LogP contribution in [0, 0.1) is 0 Å². The standard InChI is InChI=1S/C15H17ClN2O2/c16-11-4-6-12(7-5-11)17-10-8-14(19)18-9-2-1-3-13(18)15(17)20/h4-7,13H,1-3,8-10H2. The second kappa shape index (κ2) is 5.44. The summed E-state index contributed by atoms with van der Waals surface area (Å²) < 4.78 is 0. The van der Waals surface area contributed by atoms with Gasteiger partial charge in [-0.2, -0.15) is 0 Å². The first kappa shape index (κ1) is 13.4. The molecule has 2 saturated heterocycles. The molecular weight excluding hydrogens is 276 g/mol. The van der Waals surface area contributed by atoms with Gasteiger partial charge < -0.3 is 9.80 Å². The Labute approximate surface area is 123 Å². The highest BCUT2D eigenvalue weighted by Gasteiger charge is 2.38. The normalized spacial score (nSPS) is 23.6. The molecule has 0 saturated carbocycles. The number of benzene rings is 1. The van der Waals surface area contributed by atoms with Crippen LogP contribution in [0.25, 0.3) is 0 Å². The van der Waals surface area contributed by atoms with Gasteiger partial charge in [0, 0.05) is 30.2 Å². The van der Waals surface area contributed by atoms with Crippen LogP contribution in [0.15, 0.2) is 24.3 Å². The lowest BCUT2D eigenvalue weighted by Gasteiger charge is -2.34. The maximum absolute atomic E-state index is 12.7. The van der Waals surface area contributed by atoms with E-state index in [4.69, 9.17) is 11.6 Å². The molecule has 0 N–H and O–H groups in total. The van der Waals surface area contributed by atoms with Gasteiger partial charge in [-0.25, -0.2) is 0 Å². The maximum atomic E-state index is 12.7. The van der Waals surface area contributed by atoms with Gasteiger partial charge in [0.05, 0.1) is 0 Å². The van der Waals surface area contributed by atoms with Crippen LogP contribution in [0.2, 0.25) is 5.02 Å². The molecule has 1 atom stereocenters. The van der Waals surface area contributed by atoms with Gasteiger partial charge in [0.25, 0.3) is 0 Å². The van der Waals surface area contributed by atoms with Crippen LogP contribution in [0.5, 0.6) is 0 Å². The summed E-state index contributed by atoms with van der Waals surface area (Å²) in [5.41, 5.74) is 0.819. The third kappa shape index (κ3) is 2.40. The van der Waals surface area contributed by atoms with Gasteiger partial charge in [0.15, 0.2) is 0 Å². The fraction of sp³-hybridized carbons (Fsp3) is 0.467. The molecule has 5 heteroatoms. The molecule has 2 heterocycles. The summed E-state index contributed by atoms with van der Waals surface area (Å²) in [7, 11) is 0. The average Bonchev–Trinajstić information content (AvgIpc) is 2.60. The van der Waals surface area contributed by atoms with Crippen LogP contribution in [0.1, 0.15) is 25.7 Å². The highest BCUT2D eigenvalue weighted by molar-refractivity contribution is 6.30. The molecule has 2 amide bonds. The number of hydrogen-bond acceptors (Lipinski definition) is 2. The fourth-order valence-electron chi connectivity index (χ4n) is 3.01. The number of piperidine rings is 1. The Morgan fingerprint density at radius 3 is 2.55 bits per heavy atom. The monoisotopic (exact) mass is 292 g/mol. The van der Waals surface area contributed by atoms with E-state index in [1.807, 2.05) is 12.1 Å². The number of nitrogens with zero attached hydrogens (tertiary/aromatic N) is 2. The number of rotatable bonds is 1. The molecule has 0 spiro atoms. The first-order chi connectivity index (χ1) is 9.66. The summed E-state index contributed by atoms with van der Waals surface area (Å²) in [6.45, 7) is 1.16. The minimum absolute atomic E-state index is 0.0397. The van der Waals surface area contributed by atoms with Gasteiger partial charge in [0.2, 0.25) is 11.8 Å². The summed E-state index contributed by atoms with van der Waals surface area (Å²) in [4.78, 5) is 28.4. The molecule has 0 radical (unpaired) electrons. The van der Waals surface area contributed by atoms with Gasteiger partial charge in [-0.15, -0.1) is 0 Å². The molecule has 0 aromatic heterocycles. The number of halogens is 1. The summed E-state index contributed by atoms with van der Waals surface area (Å²) in [5.74, 6) is 0.136. The Balaban J connectivity index is 1.90. The highest BCUT2D eigenvalue weighted by atomic mass is 35.5. The van der Waals surface area contributed by atoms with E-state index in [1.54, 1.807) is 21.9 Å². The number of amides is 2. The van der Waals surface area contributed by atoms with Crippen LogP contribution in [0.3, 0.4) is 0 Å². The lowest BCUT2D eigenvalue weighted by Crippen LogP contribution is -2.49. The van der Waals surface area contributed by atoms with Gasteiger partial charge in [-0.3, -0.25) is 9.59 Å². The summed E-state index contributed by atoms with van der Waals surface area (Å²) in [5, 5.41) is 0.645. The zero-order valence-electron chi connectivity index (χ0n) is 11.2. The predicted molar refractivity (Wildman–Crippen MR) is 77.8 cm³/mol. The van der Waals surface area contributed by atoms with Crippen LogP contribution in [-0.2, 0) is 9.59 Å². The van der Waals surface area contributed by atoms with E-state index in [0.717, 1.165) is 24.9 Å². The van der Waals surface area contributed by atoms with Crippen molar-refractivity contribution in [3.63, 3.8) is 0 Å². The van der Waals surface area contributed by atoms with E-state index in [1.165, 1.54) is 0 Å². The first-order valence-electron chi connectivity index (χ1n) is 7.03. The molecule has 20 heavy (non-hydrogen) atoms. The zero-order chi connectivity index (χ0) is 14.1. The van der Waals surface area contributed by atoms with Crippen molar-refractivity contribution < 1.29 is 9.59 Å². The van der Waals surface area contributed by atoms with Crippen molar-refractivity contribution in [2.75, 3.05) is 18.0 Å². The average molecular weight is 293 g/mol. The van der Waals surface area contributed by atoms with E-state index in [9.17, 15) is 9.59 Å². The van der Waals surface area contributed by atoms with E-state index >= 15 is 0 Å². The molecule has 2 aliphatic heterocycles. The summed E-state index contributed by atoms with van der Waals surface area (Å²) in [6.07, 6.45) is 3.17. The Kier molecular flexibility index (Phi) is 3.66. The smallest absolute Gasteiger partial charge is 0.249 e. The van der Waals surface area contributed by atoms with Crippen molar-refractivity contribution in [1.82, 2.24) is 4.90 Å². The molecule has 106 valence electrons. The van der Waals surface area contributed by atoms with E-state index in [0.29, 0.717) is 24.5 Å². The quantitative estimate of drug-likeness (QED) is 0.798. The van der Waals surface area contributed by atoms with Gasteiger partial charge in [-0.1, -0.05) is 11.6 Å². The Morgan fingerprint density at radius 2 is 1.80 bits per heavy atom. The van der Waals surface area contributed by atoms with Crippen molar-refractivity contribution >= 4 is 29.1 Å². The fourth-order valence-corrected chi connectivity index (χ4v) is 3.13. The molecule has 0 bridgehead atoms. The molecule has 1 aromatic carbocycles. The predicted octanol–water partition coefficient (Wildman–Crippen LogP) is 2.46. The number of fused-ring (bicyclic) bond motifs is 1. The SMILES string of the molecule is O=C1C2CCCCN2C(=O)CCN1c1ccc(Cl)cc1. The number of carbonyl (C=O) groups is 2. The molecule has 0 aliphatic carbocycles. The minimum atomic E-state index is -0.283. The first-order valence-corrected chi connectivity index (χ1v) is 7.41. The number of carbonyl (C=O) groups excluding carboxylic acids is 2. The van der Waals surface area contributed by atoms with Crippen LogP contribution in [0.4, 0.5) is 5.69 Å². The lowest BCUT2D eigenvalue weighted by molar-refractivity contribution is -0.138. The molecule has 2 fully saturated rings. The minimum Gasteiger partial charge on any atom is -0.331 e. The van der Waals surface area contributed by atoms with Crippen LogP contribution >= 0.6 is 11.6 Å². The van der Waals surface area contributed by atoms with Gasteiger partial charge in [-0.05, 0) is 43.5 Å². The second-order valence-electron chi connectivity index (χ2n) is 5.32. The Hall–Kier alpha value is -1.55. The van der Waals surface area contributed by atoms with Crippen LogP contribution < -0.4 is 4.90 Å². The van der Waals surface area contributed by atoms with Crippen molar-refractivity contribution in [1.29, 1.82) is 0 Å². The molecule has 1 aromatic rings. The van der Waals surface area contributed by atoms with Gasteiger partial charge in [0.1, 0.15) is 6.04 Å². The van der Waals surface area contributed by atoms with Crippen LogP contribution in [-0.4, -0.2) is 35.8 Å². The largest absolute Gasteiger partial charge is 0.331 e. The molecule has 2 aliphatic rings. The molecule has 4 nitrogen and oxygen atoms in total. The topological polar surface area (TPSA) is 40.6 Å². The van der Waals surface area contributed by atoms with Crippen molar-refractivity contribution in [2.24, 2.45) is 0 Å². The van der Waals surface area contributed by atoms with Crippen molar-refractivity contribution in [3.05, 3.63) is 29.3 Å². The highest BCUT2D eigenvalue weighted by Crippen LogP contribution is 2.27. The van der Waals surface area contributed by atoms with Crippen molar-refractivity contribution in [3.8, 4) is 0 Å². The second-order valence-corrected chi connectivity index (χ2v) is 5.75.